The number of nitrogens with one attached hydrogen (secondary N) is 3. The summed E-state index contributed by atoms with van der Waals surface area (Å²) >= 11 is 0. The Morgan fingerprint density at radius 3 is 2.65 bits per heavy atom. The Labute approximate surface area is 180 Å². The van der Waals surface area contributed by atoms with E-state index in [9.17, 15) is 14.4 Å². The monoisotopic (exact) mass is 427 g/mol. The second-order valence-electron chi connectivity index (χ2n) is 7.29. The third kappa shape index (κ3) is 5.44. The van der Waals surface area contributed by atoms with Gasteiger partial charge in [0.05, 0.1) is 12.8 Å². The molecule has 2 aromatic rings. The number of amides is 3. The van der Waals surface area contributed by atoms with Crippen molar-refractivity contribution in [3.05, 3.63) is 42.0 Å². The van der Waals surface area contributed by atoms with Gasteiger partial charge in [0, 0.05) is 17.3 Å². The van der Waals surface area contributed by atoms with Gasteiger partial charge in [0.25, 0.3) is 17.7 Å². The van der Waals surface area contributed by atoms with Gasteiger partial charge in [-0.05, 0) is 57.2 Å². The summed E-state index contributed by atoms with van der Waals surface area (Å²) in [6.07, 6.45) is -0.572. The summed E-state index contributed by atoms with van der Waals surface area (Å²) in [7, 11) is 1.45. The van der Waals surface area contributed by atoms with Crippen molar-refractivity contribution < 1.29 is 28.6 Å². The van der Waals surface area contributed by atoms with Crippen LogP contribution in [-0.2, 0) is 9.59 Å². The molecule has 1 aliphatic rings. The van der Waals surface area contributed by atoms with E-state index in [0.717, 1.165) is 0 Å². The number of ether oxygens (including phenoxy) is 3. The Morgan fingerprint density at radius 1 is 1.16 bits per heavy atom. The molecule has 164 valence electrons. The fraction of sp³-hybridized carbons (Fsp3) is 0.318. The zero-order chi connectivity index (χ0) is 22.5. The van der Waals surface area contributed by atoms with Crippen LogP contribution in [0.2, 0.25) is 0 Å². The highest BCUT2D eigenvalue weighted by atomic mass is 16.5. The highest BCUT2D eigenvalue weighted by molar-refractivity contribution is 6.05. The maximum Gasteiger partial charge on any atom is 0.265 e. The van der Waals surface area contributed by atoms with Crippen molar-refractivity contribution in [2.75, 3.05) is 24.4 Å². The molecule has 1 heterocycles. The SMILES string of the molecule is COc1cc(C(=O)Nc2ccc3c(c2)NC(=O)C(C)O3)ccc1OCC(=O)NC(C)C. The Morgan fingerprint density at radius 2 is 1.94 bits per heavy atom. The summed E-state index contributed by atoms with van der Waals surface area (Å²) in [5.74, 6) is 0.328. The van der Waals surface area contributed by atoms with Crippen molar-refractivity contribution >= 4 is 29.1 Å². The van der Waals surface area contributed by atoms with Crippen LogP contribution < -0.4 is 30.2 Å². The first-order valence-electron chi connectivity index (χ1n) is 9.80. The molecule has 3 N–H and O–H groups in total. The van der Waals surface area contributed by atoms with E-state index in [0.29, 0.717) is 34.2 Å². The molecule has 0 bridgehead atoms. The molecule has 9 nitrogen and oxygen atoms in total. The maximum atomic E-state index is 12.7. The summed E-state index contributed by atoms with van der Waals surface area (Å²) in [5, 5.41) is 8.24. The lowest BCUT2D eigenvalue weighted by Gasteiger charge is -2.23. The first kappa shape index (κ1) is 21.9. The first-order chi connectivity index (χ1) is 14.8. The highest BCUT2D eigenvalue weighted by Crippen LogP contribution is 2.33. The van der Waals surface area contributed by atoms with Crippen LogP contribution in [0, 0.1) is 0 Å². The van der Waals surface area contributed by atoms with Crippen molar-refractivity contribution in [2.24, 2.45) is 0 Å². The molecule has 9 heteroatoms. The predicted molar refractivity (Wildman–Crippen MR) is 115 cm³/mol. The molecule has 0 saturated heterocycles. The lowest BCUT2D eigenvalue weighted by atomic mass is 10.1. The van der Waals surface area contributed by atoms with Crippen molar-refractivity contribution in [1.29, 1.82) is 0 Å². The third-order valence-corrected chi connectivity index (χ3v) is 4.40. The standard InChI is InChI=1S/C22H25N3O6/c1-12(2)23-20(26)11-30-18-7-5-14(9-19(18)29-4)22(28)24-15-6-8-17-16(10-15)25-21(27)13(3)31-17/h5-10,12-13H,11H2,1-4H3,(H,23,26)(H,24,28)(H,25,27). The van der Waals surface area contributed by atoms with Crippen molar-refractivity contribution in [2.45, 2.75) is 32.9 Å². The average molecular weight is 427 g/mol. The summed E-state index contributed by atoms with van der Waals surface area (Å²) in [6, 6.07) is 9.66. The van der Waals surface area contributed by atoms with Gasteiger partial charge in [-0.25, -0.2) is 0 Å². The Hall–Kier alpha value is -3.75. The molecule has 0 radical (unpaired) electrons. The van der Waals surface area contributed by atoms with Crippen LogP contribution in [0.5, 0.6) is 17.2 Å². The predicted octanol–water partition coefficient (Wildman–Crippen LogP) is 2.57. The lowest BCUT2D eigenvalue weighted by Crippen LogP contribution is -2.34. The molecule has 0 fully saturated rings. The van der Waals surface area contributed by atoms with E-state index in [4.69, 9.17) is 14.2 Å². The number of methoxy groups -OCH3 is 1. The molecule has 0 spiro atoms. The van der Waals surface area contributed by atoms with Crippen LogP contribution in [0.1, 0.15) is 31.1 Å². The van der Waals surface area contributed by atoms with E-state index in [1.807, 2.05) is 13.8 Å². The third-order valence-electron chi connectivity index (χ3n) is 4.40. The van der Waals surface area contributed by atoms with Gasteiger partial charge < -0.3 is 30.2 Å². The first-order valence-corrected chi connectivity index (χ1v) is 9.80. The van der Waals surface area contributed by atoms with E-state index >= 15 is 0 Å². The molecule has 3 rings (SSSR count). The number of carbonyl (C=O) groups is 3. The molecule has 0 aromatic heterocycles. The summed E-state index contributed by atoms with van der Waals surface area (Å²) in [5.41, 5.74) is 1.32. The second-order valence-corrected chi connectivity index (χ2v) is 7.29. The van der Waals surface area contributed by atoms with E-state index < -0.39 is 6.10 Å². The van der Waals surface area contributed by atoms with Gasteiger partial charge in [0.15, 0.2) is 24.2 Å². The van der Waals surface area contributed by atoms with Crippen molar-refractivity contribution in [1.82, 2.24) is 5.32 Å². The largest absolute Gasteiger partial charge is 0.493 e. The van der Waals surface area contributed by atoms with E-state index in [-0.39, 0.29) is 30.4 Å². The number of fused-ring (bicyclic) bond motifs is 1. The molecule has 1 unspecified atom stereocenters. The van der Waals surface area contributed by atoms with Crippen LogP contribution in [0.25, 0.3) is 0 Å². The maximum absolute atomic E-state index is 12.7. The van der Waals surface area contributed by atoms with Crippen LogP contribution >= 0.6 is 0 Å². The molecule has 3 amide bonds. The summed E-state index contributed by atoms with van der Waals surface area (Å²) < 4.78 is 16.3. The zero-order valence-electron chi connectivity index (χ0n) is 17.8. The molecule has 31 heavy (non-hydrogen) atoms. The molecule has 1 atom stereocenters. The van der Waals surface area contributed by atoms with Gasteiger partial charge in [-0.15, -0.1) is 0 Å². The number of hydrogen-bond donors (Lipinski definition) is 3. The number of carbonyl (C=O) groups excluding carboxylic acids is 3. The number of benzene rings is 2. The van der Waals surface area contributed by atoms with Gasteiger partial charge >= 0.3 is 0 Å². The van der Waals surface area contributed by atoms with E-state index in [2.05, 4.69) is 16.0 Å². The van der Waals surface area contributed by atoms with Crippen molar-refractivity contribution in [3.63, 3.8) is 0 Å². The zero-order valence-corrected chi connectivity index (χ0v) is 17.8. The minimum atomic E-state index is -0.572. The highest BCUT2D eigenvalue weighted by Gasteiger charge is 2.23. The fourth-order valence-electron chi connectivity index (χ4n) is 2.92. The van der Waals surface area contributed by atoms with Gasteiger partial charge in [-0.1, -0.05) is 0 Å². The van der Waals surface area contributed by atoms with Crippen LogP contribution in [0.15, 0.2) is 36.4 Å². The Balaban J connectivity index is 1.69. The van der Waals surface area contributed by atoms with Crippen molar-refractivity contribution in [3.8, 4) is 17.2 Å². The van der Waals surface area contributed by atoms with E-state index in [1.165, 1.54) is 13.2 Å². The van der Waals surface area contributed by atoms with Crippen LogP contribution in [-0.4, -0.2) is 43.6 Å². The molecule has 2 aromatic carbocycles. The van der Waals surface area contributed by atoms with Gasteiger partial charge in [-0.2, -0.15) is 0 Å². The minimum absolute atomic E-state index is 0.0101. The van der Waals surface area contributed by atoms with Crippen LogP contribution in [0.3, 0.4) is 0 Å². The smallest absolute Gasteiger partial charge is 0.265 e. The molecular weight excluding hydrogens is 402 g/mol. The Bertz CT molecular complexity index is 1000. The number of hydrogen-bond acceptors (Lipinski definition) is 6. The number of anilines is 2. The summed E-state index contributed by atoms with van der Waals surface area (Å²) in [4.78, 5) is 36.2. The van der Waals surface area contributed by atoms with E-state index in [1.54, 1.807) is 37.3 Å². The fourth-order valence-corrected chi connectivity index (χ4v) is 2.92. The summed E-state index contributed by atoms with van der Waals surface area (Å²) in [6.45, 7) is 5.21. The second kappa shape index (κ2) is 9.38. The number of rotatable bonds is 7. The molecule has 0 saturated carbocycles. The lowest BCUT2D eigenvalue weighted by molar-refractivity contribution is -0.124. The van der Waals surface area contributed by atoms with Gasteiger partial charge in [-0.3, -0.25) is 14.4 Å². The topological polar surface area (TPSA) is 115 Å². The average Bonchev–Trinajstić information content (AvgIpc) is 2.72. The van der Waals surface area contributed by atoms with Gasteiger partial charge in [0.1, 0.15) is 5.75 Å². The molecular formula is C22H25N3O6. The normalized spacial score (nSPS) is 14.7. The van der Waals surface area contributed by atoms with Crippen LogP contribution in [0.4, 0.5) is 11.4 Å². The van der Waals surface area contributed by atoms with Gasteiger partial charge in [0.2, 0.25) is 0 Å². The minimum Gasteiger partial charge on any atom is -0.493 e. The quantitative estimate of drug-likeness (QED) is 0.626. The molecule has 0 aliphatic carbocycles. The molecule has 1 aliphatic heterocycles. The Kier molecular flexibility index (Phi) is 6.64.